The van der Waals surface area contributed by atoms with Crippen LogP contribution in [0.5, 0.6) is 11.5 Å². The van der Waals surface area contributed by atoms with Crippen molar-refractivity contribution in [2.24, 2.45) is 11.8 Å². The predicted octanol–water partition coefficient (Wildman–Crippen LogP) is 4.57. The molecule has 0 spiro atoms. The summed E-state index contributed by atoms with van der Waals surface area (Å²) in [4.78, 5) is 44.8. The second-order valence-corrected chi connectivity index (χ2v) is 8.28. The van der Waals surface area contributed by atoms with Gasteiger partial charge in [0.2, 0.25) is 11.5 Å². The third-order valence-corrected chi connectivity index (χ3v) is 5.03. The van der Waals surface area contributed by atoms with Crippen LogP contribution < -0.4 is 9.78 Å². The van der Waals surface area contributed by atoms with Gasteiger partial charge in [0.1, 0.15) is 22.3 Å². The highest BCUT2D eigenvalue weighted by molar-refractivity contribution is 5.97. The maximum absolute atomic E-state index is 11.6. The molecule has 28 heavy (non-hydrogen) atoms. The number of hydrogen-bond acceptors (Lipinski definition) is 6. The molecule has 0 amide bonds. The van der Waals surface area contributed by atoms with Gasteiger partial charge in [-0.25, -0.2) is 9.59 Å². The van der Waals surface area contributed by atoms with Crippen LogP contribution >= 0.6 is 0 Å². The Labute approximate surface area is 165 Å². The fourth-order valence-corrected chi connectivity index (χ4v) is 1.56. The van der Waals surface area contributed by atoms with Crippen LogP contribution in [0.3, 0.4) is 0 Å². The predicted molar refractivity (Wildman–Crippen MR) is 102 cm³/mol. The largest absolute Gasteiger partial charge is 0.478 e. The van der Waals surface area contributed by atoms with E-state index in [9.17, 15) is 19.8 Å². The van der Waals surface area contributed by atoms with Crippen molar-refractivity contribution in [2.45, 2.75) is 66.6 Å². The van der Waals surface area contributed by atoms with Gasteiger partial charge in [-0.3, -0.25) is 0 Å². The Hall–Kier alpha value is -2.32. The van der Waals surface area contributed by atoms with Gasteiger partial charge in [0.05, 0.1) is 0 Å². The molecule has 158 valence electrons. The minimum atomic E-state index is -1.33. The van der Waals surface area contributed by atoms with Crippen molar-refractivity contribution >= 4 is 11.9 Å². The zero-order valence-electron chi connectivity index (χ0n) is 17.7. The Morgan fingerprint density at radius 3 is 1.25 bits per heavy atom. The summed E-state index contributed by atoms with van der Waals surface area (Å²) < 4.78 is 0. The summed E-state index contributed by atoms with van der Waals surface area (Å²) in [5.74, 6) is -3.34. The average molecular weight is 398 g/mol. The molecule has 0 aliphatic heterocycles. The van der Waals surface area contributed by atoms with Crippen LogP contribution in [-0.4, -0.2) is 33.4 Å². The van der Waals surface area contributed by atoms with Crippen LogP contribution in [0.4, 0.5) is 0 Å². The minimum Gasteiger partial charge on any atom is -0.478 e. The number of carboxylic acids is 2. The molecule has 0 unspecified atom stereocenters. The Morgan fingerprint density at radius 2 is 1.04 bits per heavy atom. The first-order valence-electron chi connectivity index (χ1n) is 9.05. The fourth-order valence-electron chi connectivity index (χ4n) is 1.56. The monoisotopic (exact) mass is 398 g/mol. The van der Waals surface area contributed by atoms with E-state index in [0.717, 1.165) is 12.1 Å². The summed E-state index contributed by atoms with van der Waals surface area (Å²) >= 11 is 0. The quantitative estimate of drug-likeness (QED) is 0.435. The van der Waals surface area contributed by atoms with Gasteiger partial charge in [0, 0.05) is 0 Å². The van der Waals surface area contributed by atoms with Gasteiger partial charge in [0.15, 0.2) is 0 Å². The molecule has 8 nitrogen and oxygen atoms in total. The van der Waals surface area contributed by atoms with Crippen LogP contribution in [-0.2, 0) is 9.78 Å². The van der Waals surface area contributed by atoms with Crippen LogP contribution in [0.2, 0.25) is 0 Å². The van der Waals surface area contributed by atoms with Crippen LogP contribution in [0.25, 0.3) is 0 Å². The lowest BCUT2D eigenvalue weighted by atomic mass is 9.95. The highest BCUT2D eigenvalue weighted by Crippen LogP contribution is 2.38. The Balaban J connectivity index is 3.44. The van der Waals surface area contributed by atoms with Crippen molar-refractivity contribution in [1.82, 2.24) is 0 Å². The number of benzene rings is 1. The molecular weight excluding hydrogens is 368 g/mol. The van der Waals surface area contributed by atoms with Crippen molar-refractivity contribution in [3.8, 4) is 11.5 Å². The number of aromatic carboxylic acids is 2. The summed E-state index contributed by atoms with van der Waals surface area (Å²) in [7, 11) is 0. The normalized spacial score (nSPS) is 12.4. The first kappa shape index (κ1) is 23.7. The van der Waals surface area contributed by atoms with Crippen LogP contribution in [0, 0.1) is 11.8 Å². The smallest absolute Gasteiger partial charge is 0.339 e. The molecule has 0 heterocycles. The molecule has 0 saturated carbocycles. The maximum atomic E-state index is 11.6. The van der Waals surface area contributed by atoms with E-state index in [1.54, 1.807) is 27.7 Å². The summed E-state index contributed by atoms with van der Waals surface area (Å²) in [5.41, 5.74) is -2.18. The molecule has 8 heteroatoms. The molecule has 0 saturated heterocycles. The molecular formula is C20H30O8. The van der Waals surface area contributed by atoms with E-state index in [2.05, 4.69) is 0 Å². The van der Waals surface area contributed by atoms with Gasteiger partial charge in [-0.1, -0.05) is 27.7 Å². The van der Waals surface area contributed by atoms with E-state index in [1.807, 2.05) is 27.7 Å². The van der Waals surface area contributed by atoms with E-state index in [4.69, 9.17) is 19.6 Å². The van der Waals surface area contributed by atoms with Gasteiger partial charge in [-0.15, -0.1) is 0 Å². The summed E-state index contributed by atoms with van der Waals surface area (Å²) in [6.07, 6.45) is 0. The lowest BCUT2D eigenvalue weighted by Crippen LogP contribution is -2.34. The SMILES string of the molecule is CC(C)C(C)(C)OOc1c(C(=O)O)ccc(C(=O)O)c1OOC(C)(C)C(C)C. The molecule has 2 N–H and O–H groups in total. The van der Waals surface area contributed by atoms with Crippen molar-refractivity contribution in [3.63, 3.8) is 0 Å². The molecule has 0 bridgehead atoms. The topological polar surface area (TPSA) is 112 Å². The van der Waals surface area contributed by atoms with Crippen molar-refractivity contribution in [1.29, 1.82) is 0 Å². The van der Waals surface area contributed by atoms with E-state index in [-0.39, 0.29) is 34.5 Å². The molecule has 1 aromatic carbocycles. The number of hydrogen-bond donors (Lipinski definition) is 2. The third-order valence-electron chi connectivity index (χ3n) is 5.03. The van der Waals surface area contributed by atoms with E-state index >= 15 is 0 Å². The van der Waals surface area contributed by atoms with Gasteiger partial charge in [0.25, 0.3) is 0 Å². The van der Waals surface area contributed by atoms with Crippen LogP contribution in [0.15, 0.2) is 12.1 Å². The van der Waals surface area contributed by atoms with Crippen molar-refractivity contribution in [2.75, 3.05) is 0 Å². The molecule has 0 radical (unpaired) electrons. The number of rotatable bonds is 10. The zero-order chi connectivity index (χ0) is 21.9. The third kappa shape index (κ3) is 5.59. The molecule has 0 aromatic heterocycles. The molecule has 1 aromatic rings. The zero-order valence-corrected chi connectivity index (χ0v) is 17.7. The van der Waals surface area contributed by atoms with Gasteiger partial charge >= 0.3 is 11.9 Å². The minimum absolute atomic E-state index is 0.0314. The highest BCUT2D eigenvalue weighted by Gasteiger charge is 2.32. The summed E-state index contributed by atoms with van der Waals surface area (Å²) in [5, 5.41) is 19.0. The first-order valence-corrected chi connectivity index (χ1v) is 9.05. The number of carboxylic acid groups (broad SMARTS) is 2. The van der Waals surface area contributed by atoms with Crippen LogP contribution in [0.1, 0.15) is 76.1 Å². The lowest BCUT2D eigenvalue weighted by Gasteiger charge is -2.29. The average Bonchev–Trinajstić information content (AvgIpc) is 2.57. The molecule has 0 aliphatic carbocycles. The first-order chi connectivity index (χ1) is 12.7. The Morgan fingerprint density at radius 1 is 0.750 bits per heavy atom. The molecule has 0 aliphatic rings. The lowest BCUT2D eigenvalue weighted by molar-refractivity contribution is -0.310. The standard InChI is InChI=1S/C20H30O8/c1-11(2)19(5,6)27-25-15-13(17(21)22)9-10-14(18(23)24)16(15)26-28-20(7,8)12(3)4/h9-12H,1-8H3,(H,21,22)(H,23,24). The second kappa shape index (κ2) is 8.79. The van der Waals surface area contributed by atoms with Gasteiger partial charge in [-0.05, 0) is 51.7 Å². The van der Waals surface area contributed by atoms with Gasteiger partial charge < -0.3 is 20.0 Å². The molecule has 0 atom stereocenters. The Kier molecular flexibility index (Phi) is 7.45. The van der Waals surface area contributed by atoms with E-state index in [0.29, 0.717) is 0 Å². The van der Waals surface area contributed by atoms with E-state index < -0.39 is 23.1 Å². The van der Waals surface area contributed by atoms with Crippen molar-refractivity contribution < 1.29 is 39.4 Å². The highest BCUT2D eigenvalue weighted by atomic mass is 17.2. The summed E-state index contributed by atoms with van der Waals surface area (Å²) in [6.45, 7) is 14.7. The van der Waals surface area contributed by atoms with Gasteiger partial charge in [-0.2, -0.15) is 9.78 Å². The van der Waals surface area contributed by atoms with E-state index in [1.165, 1.54) is 0 Å². The molecule has 0 fully saturated rings. The number of carbonyl (C=O) groups is 2. The maximum Gasteiger partial charge on any atom is 0.339 e. The summed E-state index contributed by atoms with van der Waals surface area (Å²) in [6, 6.07) is 2.24. The molecule has 1 rings (SSSR count). The second-order valence-electron chi connectivity index (χ2n) is 8.28. The van der Waals surface area contributed by atoms with Crippen molar-refractivity contribution in [3.05, 3.63) is 23.3 Å². The Bertz CT molecular complexity index is 658. The fraction of sp³-hybridized carbons (Fsp3) is 0.600.